The highest BCUT2D eigenvalue weighted by Crippen LogP contribution is 2.34. The lowest BCUT2D eigenvalue weighted by Gasteiger charge is -2.26. The number of nitrogens with zero attached hydrogens (tertiary/aromatic N) is 1. The maximum atomic E-state index is 14.1. The summed E-state index contributed by atoms with van der Waals surface area (Å²) < 4.78 is 0. The Morgan fingerprint density at radius 2 is 1.60 bits per heavy atom. The molecule has 0 aliphatic carbocycles. The Morgan fingerprint density at radius 1 is 0.943 bits per heavy atom. The van der Waals surface area contributed by atoms with E-state index in [4.69, 9.17) is 4.98 Å². The molecule has 4 nitrogen and oxygen atoms in total. The third-order valence-electron chi connectivity index (χ3n) is 7.13. The summed E-state index contributed by atoms with van der Waals surface area (Å²) in [5.74, 6) is 0.518. The number of aromatic nitrogens is 1. The first-order valence-corrected chi connectivity index (χ1v) is 12.8. The fourth-order valence-electron chi connectivity index (χ4n) is 5.26. The predicted octanol–water partition coefficient (Wildman–Crippen LogP) is 6.33. The molecule has 0 unspecified atom stereocenters. The van der Waals surface area contributed by atoms with E-state index in [1.54, 1.807) is 0 Å². The van der Waals surface area contributed by atoms with Crippen molar-refractivity contribution in [2.75, 3.05) is 13.1 Å². The average molecular weight is 464 g/mol. The van der Waals surface area contributed by atoms with Gasteiger partial charge in [-0.15, -0.1) is 0 Å². The minimum absolute atomic E-state index is 0.0135. The monoisotopic (exact) mass is 463 g/mol. The van der Waals surface area contributed by atoms with Gasteiger partial charge in [0.15, 0.2) is 0 Å². The Balaban J connectivity index is 1.65. The van der Waals surface area contributed by atoms with Crippen molar-refractivity contribution >= 4 is 16.8 Å². The standard InChI is InChI=1S/C31H33N3O/c1-2-27(23-11-5-3-6-12-23)34-31(35)29-25-15-9-10-16-28(25)33-30(24-13-7-4-8-14-24)26(29)21-22-17-19-32-20-18-22/h3-16,22,27,32H,2,17-21H2,1H3,(H,34,35)/t27-/m0/s1. The number of carbonyl (C=O) groups is 1. The summed E-state index contributed by atoms with van der Waals surface area (Å²) >= 11 is 0. The zero-order valence-corrected chi connectivity index (χ0v) is 20.3. The topological polar surface area (TPSA) is 54.0 Å². The third kappa shape index (κ3) is 5.13. The van der Waals surface area contributed by atoms with Crippen molar-refractivity contribution in [3.05, 3.63) is 102 Å². The molecule has 178 valence electrons. The van der Waals surface area contributed by atoms with Crippen molar-refractivity contribution in [2.24, 2.45) is 5.92 Å². The number of pyridine rings is 1. The lowest BCUT2D eigenvalue weighted by molar-refractivity contribution is 0.0936. The highest BCUT2D eigenvalue weighted by atomic mass is 16.1. The van der Waals surface area contributed by atoms with E-state index >= 15 is 0 Å². The number of carbonyl (C=O) groups excluding carboxylic acids is 1. The molecule has 1 aliphatic rings. The number of para-hydroxylation sites is 1. The molecule has 1 aliphatic heterocycles. The molecule has 0 spiro atoms. The molecule has 2 heterocycles. The number of fused-ring (bicyclic) bond motifs is 1. The predicted molar refractivity (Wildman–Crippen MR) is 143 cm³/mol. The highest BCUT2D eigenvalue weighted by molar-refractivity contribution is 6.09. The summed E-state index contributed by atoms with van der Waals surface area (Å²) in [5.41, 5.74) is 5.83. The van der Waals surface area contributed by atoms with Crippen molar-refractivity contribution in [3.8, 4) is 11.3 Å². The zero-order chi connectivity index (χ0) is 24.0. The maximum Gasteiger partial charge on any atom is 0.252 e. The second-order valence-corrected chi connectivity index (χ2v) is 9.44. The minimum atomic E-state index is -0.0393. The van der Waals surface area contributed by atoms with E-state index < -0.39 is 0 Å². The van der Waals surface area contributed by atoms with Crippen molar-refractivity contribution in [3.63, 3.8) is 0 Å². The van der Waals surface area contributed by atoms with Crippen molar-refractivity contribution in [2.45, 2.75) is 38.6 Å². The number of hydrogen-bond acceptors (Lipinski definition) is 3. The number of nitrogens with one attached hydrogen (secondary N) is 2. The molecule has 1 aromatic heterocycles. The molecule has 35 heavy (non-hydrogen) atoms. The maximum absolute atomic E-state index is 14.1. The van der Waals surface area contributed by atoms with E-state index in [2.05, 4.69) is 41.8 Å². The van der Waals surface area contributed by atoms with Gasteiger partial charge in [0.2, 0.25) is 0 Å². The summed E-state index contributed by atoms with van der Waals surface area (Å²) in [5, 5.41) is 7.77. The normalized spacial score (nSPS) is 15.1. The number of rotatable bonds is 7. The SMILES string of the molecule is CC[C@H](NC(=O)c1c(CC2CCNCC2)c(-c2ccccc2)nc2ccccc12)c1ccccc1. The van der Waals surface area contributed by atoms with E-state index in [1.165, 1.54) is 0 Å². The van der Waals surface area contributed by atoms with E-state index in [-0.39, 0.29) is 11.9 Å². The molecule has 1 amide bonds. The number of benzene rings is 3. The summed E-state index contributed by atoms with van der Waals surface area (Å²) in [6.07, 6.45) is 3.91. The smallest absolute Gasteiger partial charge is 0.252 e. The van der Waals surface area contributed by atoms with Crippen molar-refractivity contribution in [1.29, 1.82) is 0 Å². The summed E-state index contributed by atoms with van der Waals surface area (Å²) in [6, 6.07) is 28.6. The van der Waals surface area contributed by atoms with E-state index in [0.717, 1.165) is 77.6 Å². The van der Waals surface area contributed by atoms with Crippen LogP contribution in [-0.2, 0) is 6.42 Å². The Bertz CT molecular complexity index is 1280. The van der Waals surface area contributed by atoms with Gasteiger partial charge in [-0.3, -0.25) is 4.79 Å². The van der Waals surface area contributed by atoms with E-state index in [0.29, 0.717) is 5.92 Å². The van der Waals surface area contributed by atoms with Crippen LogP contribution in [-0.4, -0.2) is 24.0 Å². The van der Waals surface area contributed by atoms with Crippen LogP contribution in [0.25, 0.3) is 22.2 Å². The first-order chi connectivity index (χ1) is 17.2. The van der Waals surface area contributed by atoms with Crippen molar-refractivity contribution in [1.82, 2.24) is 15.6 Å². The molecular formula is C31H33N3O. The van der Waals surface area contributed by atoms with Gasteiger partial charge in [-0.05, 0) is 61.9 Å². The highest BCUT2D eigenvalue weighted by Gasteiger charge is 2.26. The average Bonchev–Trinajstić information content (AvgIpc) is 2.92. The first-order valence-electron chi connectivity index (χ1n) is 12.8. The van der Waals surface area contributed by atoms with E-state index in [1.807, 2.05) is 60.7 Å². The molecule has 3 aromatic carbocycles. The molecule has 1 fully saturated rings. The van der Waals surface area contributed by atoms with Crippen LogP contribution >= 0.6 is 0 Å². The molecule has 2 N–H and O–H groups in total. The second kappa shape index (κ2) is 10.8. The van der Waals surface area contributed by atoms with Crippen LogP contribution in [0.4, 0.5) is 0 Å². The fourth-order valence-corrected chi connectivity index (χ4v) is 5.26. The summed E-state index contributed by atoms with van der Waals surface area (Å²) in [6.45, 7) is 4.17. The van der Waals surface area contributed by atoms with Crippen molar-refractivity contribution < 1.29 is 4.79 Å². The lowest BCUT2D eigenvalue weighted by Crippen LogP contribution is -2.31. The van der Waals surface area contributed by atoms with Gasteiger partial charge >= 0.3 is 0 Å². The van der Waals surface area contributed by atoms with Crippen LogP contribution in [0.15, 0.2) is 84.9 Å². The Labute approximate surface area is 207 Å². The van der Waals surface area contributed by atoms with Crippen LogP contribution in [0.1, 0.15) is 53.7 Å². The first kappa shape index (κ1) is 23.3. The van der Waals surface area contributed by atoms with Crippen LogP contribution in [0.5, 0.6) is 0 Å². The van der Waals surface area contributed by atoms with Gasteiger partial charge in [-0.1, -0.05) is 85.8 Å². The van der Waals surface area contributed by atoms with Gasteiger partial charge in [-0.2, -0.15) is 0 Å². The van der Waals surface area contributed by atoms with Crippen LogP contribution in [0, 0.1) is 5.92 Å². The quantitative estimate of drug-likeness (QED) is 0.337. The Hall–Kier alpha value is -3.50. The van der Waals surface area contributed by atoms with Gasteiger partial charge in [0.1, 0.15) is 0 Å². The van der Waals surface area contributed by atoms with Crippen LogP contribution in [0.2, 0.25) is 0 Å². The second-order valence-electron chi connectivity index (χ2n) is 9.44. The summed E-state index contributed by atoms with van der Waals surface area (Å²) in [4.78, 5) is 19.2. The van der Waals surface area contributed by atoms with Gasteiger partial charge in [-0.25, -0.2) is 4.98 Å². The van der Waals surface area contributed by atoms with Gasteiger partial charge in [0.25, 0.3) is 5.91 Å². The molecule has 0 bridgehead atoms. The number of hydrogen-bond donors (Lipinski definition) is 2. The van der Waals surface area contributed by atoms with Crippen LogP contribution in [0.3, 0.4) is 0 Å². The minimum Gasteiger partial charge on any atom is -0.345 e. The number of amides is 1. The van der Waals surface area contributed by atoms with Crippen LogP contribution < -0.4 is 10.6 Å². The van der Waals surface area contributed by atoms with E-state index in [9.17, 15) is 4.79 Å². The number of piperidine rings is 1. The summed E-state index contributed by atoms with van der Waals surface area (Å²) in [7, 11) is 0. The Morgan fingerprint density at radius 3 is 2.31 bits per heavy atom. The molecule has 4 heteroatoms. The fraction of sp³-hybridized carbons (Fsp3) is 0.290. The molecule has 5 rings (SSSR count). The molecular weight excluding hydrogens is 430 g/mol. The molecule has 0 radical (unpaired) electrons. The Kier molecular flexibility index (Phi) is 7.20. The molecule has 0 saturated carbocycles. The van der Waals surface area contributed by atoms with Gasteiger partial charge in [0.05, 0.1) is 22.8 Å². The molecule has 1 atom stereocenters. The zero-order valence-electron chi connectivity index (χ0n) is 20.3. The third-order valence-corrected chi connectivity index (χ3v) is 7.13. The van der Waals surface area contributed by atoms with Gasteiger partial charge < -0.3 is 10.6 Å². The molecule has 1 saturated heterocycles. The lowest BCUT2D eigenvalue weighted by atomic mass is 9.85. The molecule has 4 aromatic rings. The van der Waals surface area contributed by atoms with Gasteiger partial charge in [0, 0.05) is 10.9 Å². The largest absolute Gasteiger partial charge is 0.345 e.